The number of anilines is 1. The first-order valence-corrected chi connectivity index (χ1v) is 7.65. The first-order valence-electron chi connectivity index (χ1n) is 7.27. The minimum absolute atomic E-state index is 0.306. The van der Waals surface area contributed by atoms with E-state index in [9.17, 15) is 9.90 Å². The van der Waals surface area contributed by atoms with E-state index in [1.807, 2.05) is 0 Å². The van der Waals surface area contributed by atoms with E-state index in [4.69, 9.17) is 11.6 Å². The zero-order valence-electron chi connectivity index (χ0n) is 12.1. The summed E-state index contributed by atoms with van der Waals surface area (Å²) in [6.45, 7) is 6.29. The van der Waals surface area contributed by atoms with Crippen LogP contribution in [0, 0.1) is 11.8 Å². The van der Waals surface area contributed by atoms with Gasteiger partial charge in [0, 0.05) is 13.1 Å². The van der Waals surface area contributed by atoms with Gasteiger partial charge in [0.1, 0.15) is 0 Å². The first-order chi connectivity index (χ1) is 9.50. The maximum absolute atomic E-state index is 11.4. The number of aromatic carboxylic acids is 1. The van der Waals surface area contributed by atoms with E-state index >= 15 is 0 Å². The Morgan fingerprint density at radius 1 is 1.35 bits per heavy atom. The van der Waals surface area contributed by atoms with E-state index in [1.165, 1.54) is 6.42 Å². The molecule has 1 saturated heterocycles. The monoisotopic (exact) mass is 295 g/mol. The number of carboxylic acid groups (broad SMARTS) is 1. The van der Waals surface area contributed by atoms with E-state index in [1.54, 1.807) is 18.2 Å². The molecule has 110 valence electrons. The number of carbonyl (C=O) groups is 1. The quantitative estimate of drug-likeness (QED) is 0.904. The van der Waals surface area contributed by atoms with Gasteiger partial charge in [-0.05, 0) is 43.2 Å². The second-order valence-electron chi connectivity index (χ2n) is 5.86. The highest BCUT2D eigenvalue weighted by molar-refractivity contribution is 6.34. The Hall–Kier alpha value is -1.22. The van der Waals surface area contributed by atoms with Gasteiger partial charge in [0.05, 0.1) is 16.3 Å². The Morgan fingerprint density at radius 3 is 2.75 bits per heavy atom. The van der Waals surface area contributed by atoms with Crippen LogP contribution in [0.25, 0.3) is 0 Å². The van der Waals surface area contributed by atoms with Gasteiger partial charge in [0.15, 0.2) is 0 Å². The summed E-state index contributed by atoms with van der Waals surface area (Å²) in [5, 5.41) is 9.88. The molecule has 2 rings (SSSR count). The number of hydrogen-bond donors (Lipinski definition) is 1. The molecule has 0 amide bonds. The van der Waals surface area contributed by atoms with Crippen LogP contribution in [0.15, 0.2) is 18.2 Å². The summed E-state index contributed by atoms with van der Waals surface area (Å²) in [4.78, 5) is 13.5. The van der Waals surface area contributed by atoms with Crippen molar-refractivity contribution in [1.29, 1.82) is 0 Å². The van der Waals surface area contributed by atoms with Gasteiger partial charge in [-0.3, -0.25) is 0 Å². The average molecular weight is 296 g/mol. The minimum Gasteiger partial charge on any atom is -0.478 e. The fourth-order valence-corrected chi connectivity index (χ4v) is 3.32. The summed E-state index contributed by atoms with van der Waals surface area (Å²) in [7, 11) is 0. The standard InChI is InChI=1S/C16H22ClNO2/c1-11(2)12-5-4-9-18(10-8-12)15-13(16(19)20)6-3-7-14(15)17/h3,6-7,11-12H,4-5,8-10H2,1-2H3,(H,19,20). The van der Waals surface area contributed by atoms with Gasteiger partial charge in [-0.25, -0.2) is 4.79 Å². The Balaban J connectivity index is 2.26. The van der Waals surface area contributed by atoms with Crippen LogP contribution in [-0.2, 0) is 0 Å². The van der Waals surface area contributed by atoms with E-state index in [0.717, 1.165) is 31.8 Å². The summed E-state index contributed by atoms with van der Waals surface area (Å²) in [5.41, 5.74) is 0.992. The first kappa shape index (κ1) is 15.2. The molecule has 1 fully saturated rings. The predicted octanol–water partition coefficient (Wildman–Crippen LogP) is 4.30. The van der Waals surface area contributed by atoms with Gasteiger partial charge in [-0.1, -0.05) is 31.5 Å². The van der Waals surface area contributed by atoms with E-state index in [2.05, 4.69) is 18.7 Å². The number of nitrogens with zero attached hydrogens (tertiary/aromatic N) is 1. The Morgan fingerprint density at radius 2 is 2.10 bits per heavy atom. The van der Waals surface area contributed by atoms with Crippen molar-refractivity contribution in [3.63, 3.8) is 0 Å². The van der Waals surface area contributed by atoms with E-state index in [-0.39, 0.29) is 0 Å². The van der Waals surface area contributed by atoms with Gasteiger partial charge in [0.2, 0.25) is 0 Å². The minimum atomic E-state index is -0.910. The second kappa shape index (κ2) is 6.49. The SMILES string of the molecule is CC(C)C1CCCN(c2c(Cl)cccc2C(=O)O)CC1. The third-order valence-electron chi connectivity index (χ3n) is 4.25. The van der Waals surface area contributed by atoms with Crippen molar-refractivity contribution in [2.45, 2.75) is 33.1 Å². The number of rotatable bonds is 3. The molecule has 0 spiro atoms. The van der Waals surface area contributed by atoms with Crippen LogP contribution in [0.1, 0.15) is 43.5 Å². The van der Waals surface area contributed by atoms with Gasteiger partial charge in [-0.15, -0.1) is 0 Å². The Bertz CT molecular complexity index is 487. The fourth-order valence-electron chi connectivity index (χ4n) is 3.02. The Kier molecular flexibility index (Phi) is 4.92. The molecular weight excluding hydrogens is 274 g/mol. The summed E-state index contributed by atoms with van der Waals surface area (Å²) < 4.78 is 0. The molecule has 0 radical (unpaired) electrons. The molecule has 0 aromatic heterocycles. The number of hydrogen-bond acceptors (Lipinski definition) is 2. The van der Waals surface area contributed by atoms with Gasteiger partial charge in [-0.2, -0.15) is 0 Å². The second-order valence-corrected chi connectivity index (χ2v) is 6.27. The third kappa shape index (κ3) is 3.26. The molecule has 3 nitrogen and oxygen atoms in total. The van der Waals surface area contributed by atoms with Crippen LogP contribution in [-0.4, -0.2) is 24.2 Å². The van der Waals surface area contributed by atoms with Crippen molar-refractivity contribution in [2.24, 2.45) is 11.8 Å². The summed E-state index contributed by atoms with van der Waals surface area (Å²) in [6, 6.07) is 5.10. The maximum Gasteiger partial charge on any atom is 0.337 e. The molecular formula is C16H22ClNO2. The molecule has 0 saturated carbocycles. The lowest BCUT2D eigenvalue weighted by atomic mass is 9.89. The third-order valence-corrected chi connectivity index (χ3v) is 4.55. The molecule has 20 heavy (non-hydrogen) atoms. The lowest BCUT2D eigenvalue weighted by Crippen LogP contribution is -2.26. The predicted molar refractivity (Wildman–Crippen MR) is 82.8 cm³/mol. The smallest absolute Gasteiger partial charge is 0.337 e. The molecule has 1 aromatic rings. The van der Waals surface area contributed by atoms with Crippen LogP contribution in [0.5, 0.6) is 0 Å². The number of benzene rings is 1. The summed E-state index contributed by atoms with van der Waals surface area (Å²) in [6.07, 6.45) is 3.40. The van der Waals surface area contributed by atoms with Crippen molar-refractivity contribution in [3.8, 4) is 0 Å². The van der Waals surface area contributed by atoms with Crippen molar-refractivity contribution in [2.75, 3.05) is 18.0 Å². The molecule has 0 aliphatic carbocycles. The van der Waals surface area contributed by atoms with Crippen LogP contribution in [0.4, 0.5) is 5.69 Å². The van der Waals surface area contributed by atoms with Crippen LogP contribution >= 0.6 is 11.6 Å². The highest BCUT2D eigenvalue weighted by Crippen LogP contribution is 2.33. The summed E-state index contributed by atoms with van der Waals surface area (Å²) in [5.74, 6) is 0.489. The molecule has 0 bridgehead atoms. The van der Waals surface area contributed by atoms with Gasteiger partial charge in [0.25, 0.3) is 0 Å². The molecule has 1 aliphatic heterocycles. The molecule has 1 aliphatic rings. The van der Waals surface area contributed by atoms with Crippen LogP contribution in [0.2, 0.25) is 5.02 Å². The largest absolute Gasteiger partial charge is 0.478 e. The Labute approximate surface area is 125 Å². The number of para-hydroxylation sites is 1. The van der Waals surface area contributed by atoms with E-state index < -0.39 is 5.97 Å². The van der Waals surface area contributed by atoms with Crippen LogP contribution in [0.3, 0.4) is 0 Å². The number of halogens is 1. The molecule has 1 aromatic carbocycles. The van der Waals surface area contributed by atoms with Gasteiger partial charge < -0.3 is 10.0 Å². The zero-order valence-corrected chi connectivity index (χ0v) is 12.9. The van der Waals surface area contributed by atoms with Crippen molar-refractivity contribution in [1.82, 2.24) is 0 Å². The molecule has 1 heterocycles. The molecule has 1 N–H and O–H groups in total. The zero-order chi connectivity index (χ0) is 14.7. The highest BCUT2D eigenvalue weighted by atomic mass is 35.5. The average Bonchev–Trinajstić information content (AvgIpc) is 2.64. The highest BCUT2D eigenvalue weighted by Gasteiger charge is 2.24. The van der Waals surface area contributed by atoms with Crippen molar-refractivity contribution in [3.05, 3.63) is 28.8 Å². The lowest BCUT2D eigenvalue weighted by Gasteiger charge is -2.26. The molecule has 1 unspecified atom stereocenters. The maximum atomic E-state index is 11.4. The van der Waals surface area contributed by atoms with Crippen molar-refractivity contribution >= 4 is 23.3 Å². The van der Waals surface area contributed by atoms with Crippen molar-refractivity contribution < 1.29 is 9.90 Å². The number of carboxylic acids is 1. The van der Waals surface area contributed by atoms with Crippen LogP contribution < -0.4 is 4.90 Å². The fraction of sp³-hybridized carbons (Fsp3) is 0.562. The molecule has 4 heteroatoms. The molecule has 1 atom stereocenters. The lowest BCUT2D eigenvalue weighted by molar-refractivity contribution is 0.0697. The summed E-state index contributed by atoms with van der Waals surface area (Å²) >= 11 is 6.25. The van der Waals surface area contributed by atoms with E-state index in [0.29, 0.717) is 22.2 Å². The normalized spacial score (nSPS) is 20.0. The van der Waals surface area contributed by atoms with Gasteiger partial charge >= 0.3 is 5.97 Å². The topological polar surface area (TPSA) is 40.5 Å².